The molecule has 0 bridgehead atoms. The predicted molar refractivity (Wildman–Crippen MR) is 107 cm³/mol. The molecule has 10 heteroatoms. The molecular formula is C19H29N3O6S. The summed E-state index contributed by atoms with van der Waals surface area (Å²) in [4.78, 5) is 16.0. The van der Waals surface area contributed by atoms with E-state index in [4.69, 9.17) is 14.2 Å². The number of nitrogens with zero attached hydrogens (tertiary/aromatic N) is 2. The number of ether oxygens (including phenoxy) is 3. The summed E-state index contributed by atoms with van der Waals surface area (Å²) in [5.74, 6) is 0.996. The van der Waals surface area contributed by atoms with Crippen molar-refractivity contribution in [2.75, 3.05) is 52.5 Å². The second-order valence-corrected chi connectivity index (χ2v) is 9.78. The van der Waals surface area contributed by atoms with Gasteiger partial charge in [-0.05, 0) is 32.9 Å². The van der Waals surface area contributed by atoms with Crippen LogP contribution in [0.15, 0.2) is 23.1 Å². The number of rotatable bonds is 5. The maximum Gasteiger partial charge on any atom is 0.410 e. The Morgan fingerprint density at radius 3 is 2.41 bits per heavy atom. The van der Waals surface area contributed by atoms with Crippen LogP contribution >= 0.6 is 0 Å². The molecule has 2 heterocycles. The lowest BCUT2D eigenvalue weighted by molar-refractivity contribution is 0.0147. The summed E-state index contributed by atoms with van der Waals surface area (Å²) in [5, 5.41) is 0. The van der Waals surface area contributed by atoms with Crippen molar-refractivity contribution in [1.82, 2.24) is 14.5 Å². The molecule has 9 nitrogen and oxygen atoms in total. The van der Waals surface area contributed by atoms with Gasteiger partial charge in [-0.1, -0.05) is 0 Å². The van der Waals surface area contributed by atoms with E-state index in [1.54, 1.807) is 11.0 Å². The van der Waals surface area contributed by atoms with E-state index < -0.39 is 15.6 Å². The minimum Gasteiger partial charge on any atom is -0.486 e. The highest BCUT2D eigenvalue weighted by Gasteiger charge is 2.26. The minimum atomic E-state index is -3.64. The number of nitrogens with one attached hydrogen (secondary N) is 1. The molecule has 0 aliphatic carbocycles. The average molecular weight is 428 g/mol. The molecule has 1 amide bonds. The second-order valence-electron chi connectivity index (χ2n) is 8.01. The van der Waals surface area contributed by atoms with Gasteiger partial charge in [0.25, 0.3) is 0 Å². The SMILES string of the molecule is CC(C)(C)OC(=O)N1CCN(CCNS(=O)(=O)c2ccc3c(c2)OCCO3)CC1. The number of piperazine rings is 1. The highest BCUT2D eigenvalue weighted by molar-refractivity contribution is 7.89. The largest absolute Gasteiger partial charge is 0.486 e. The third kappa shape index (κ3) is 5.97. The van der Waals surface area contributed by atoms with Gasteiger partial charge >= 0.3 is 6.09 Å². The van der Waals surface area contributed by atoms with E-state index in [2.05, 4.69) is 9.62 Å². The lowest BCUT2D eigenvalue weighted by Gasteiger charge is -2.35. The molecular weight excluding hydrogens is 398 g/mol. The third-order valence-electron chi connectivity index (χ3n) is 4.57. The van der Waals surface area contributed by atoms with Crippen molar-refractivity contribution < 1.29 is 27.4 Å². The Kier molecular flexibility index (Phi) is 6.55. The van der Waals surface area contributed by atoms with E-state index in [1.165, 1.54) is 12.1 Å². The van der Waals surface area contributed by atoms with Gasteiger partial charge in [-0.25, -0.2) is 17.9 Å². The van der Waals surface area contributed by atoms with Crippen LogP contribution in [0.2, 0.25) is 0 Å². The molecule has 1 aromatic rings. The van der Waals surface area contributed by atoms with E-state index in [1.807, 2.05) is 20.8 Å². The van der Waals surface area contributed by atoms with Crippen LogP contribution in [0.5, 0.6) is 11.5 Å². The number of amides is 1. The molecule has 0 aromatic heterocycles. The molecule has 162 valence electrons. The first-order chi connectivity index (χ1) is 13.6. The Morgan fingerprint density at radius 1 is 1.10 bits per heavy atom. The fourth-order valence-electron chi connectivity index (χ4n) is 3.09. The van der Waals surface area contributed by atoms with Gasteiger partial charge in [0.2, 0.25) is 10.0 Å². The molecule has 0 atom stereocenters. The van der Waals surface area contributed by atoms with Crippen LogP contribution in [-0.4, -0.2) is 82.4 Å². The van der Waals surface area contributed by atoms with E-state index in [0.29, 0.717) is 57.4 Å². The van der Waals surface area contributed by atoms with Crippen LogP contribution < -0.4 is 14.2 Å². The standard InChI is InChI=1S/C19H29N3O6S/c1-19(2,3)28-18(23)22-10-8-21(9-11-22)7-6-20-29(24,25)15-4-5-16-17(14-15)27-13-12-26-16/h4-5,14,20H,6-13H2,1-3H3. The number of fused-ring (bicyclic) bond motifs is 1. The monoisotopic (exact) mass is 427 g/mol. The van der Waals surface area contributed by atoms with Gasteiger partial charge < -0.3 is 19.1 Å². The molecule has 1 aromatic carbocycles. The highest BCUT2D eigenvalue weighted by atomic mass is 32.2. The van der Waals surface area contributed by atoms with Gasteiger partial charge in [-0.3, -0.25) is 4.90 Å². The van der Waals surface area contributed by atoms with E-state index >= 15 is 0 Å². The normalized spacial score (nSPS) is 17.8. The van der Waals surface area contributed by atoms with Gasteiger partial charge in [-0.15, -0.1) is 0 Å². The molecule has 3 rings (SSSR count). The fourth-order valence-corrected chi connectivity index (χ4v) is 4.13. The first-order valence-electron chi connectivity index (χ1n) is 9.74. The van der Waals surface area contributed by atoms with Crippen molar-refractivity contribution in [3.63, 3.8) is 0 Å². The molecule has 29 heavy (non-hydrogen) atoms. The second kappa shape index (κ2) is 8.76. The van der Waals surface area contributed by atoms with Crippen LogP contribution in [0.4, 0.5) is 4.79 Å². The molecule has 2 aliphatic rings. The van der Waals surface area contributed by atoms with Crippen molar-refractivity contribution in [3.8, 4) is 11.5 Å². The lowest BCUT2D eigenvalue weighted by Crippen LogP contribution is -2.51. The summed E-state index contributed by atoms with van der Waals surface area (Å²) in [6.45, 7) is 9.69. The number of sulfonamides is 1. The Bertz CT molecular complexity index is 829. The Morgan fingerprint density at radius 2 is 1.76 bits per heavy atom. The fraction of sp³-hybridized carbons (Fsp3) is 0.632. The summed E-state index contributed by atoms with van der Waals surface area (Å²) < 4.78 is 44.0. The molecule has 0 spiro atoms. The van der Waals surface area contributed by atoms with E-state index in [-0.39, 0.29) is 17.5 Å². The van der Waals surface area contributed by atoms with Gasteiger partial charge in [0.1, 0.15) is 18.8 Å². The molecule has 1 saturated heterocycles. The quantitative estimate of drug-likeness (QED) is 0.756. The summed E-state index contributed by atoms with van der Waals surface area (Å²) >= 11 is 0. The Hall–Kier alpha value is -2.04. The molecule has 0 unspecified atom stereocenters. The van der Waals surface area contributed by atoms with Gasteiger partial charge in [-0.2, -0.15) is 0 Å². The zero-order valence-corrected chi connectivity index (χ0v) is 18.0. The minimum absolute atomic E-state index is 0.150. The maximum atomic E-state index is 12.5. The molecule has 1 fully saturated rings. The number of hydrogen-bond donors (Lipinski definition) is 1. The first-order valence-corrected chi connectivity index (χ1v) is 11.2. The number of hydrogen-bond acceptors (Lipinski definition) is 7. The summed E-state index contributed by atoms with van der Waals surface area (Å²) in [6.07, 6.45) is -0.309. The predicted octanol–water partition coefficient (Wildman–Crippen LogP) is 1.29. The van der Waals surface area contributed by atoms with Gasteiger partial charge in [0, 0.05) is 45.3 Å². The summed E-state index contributed by atoms with van der Waals surface area (Å²) in [7, 11) is -3.64. The Labute approximate surface area is 171 Å². The van der Waals surface area contributed by atoms with Gasteiger partial charge in [0.05, 0.1) is 4.90 Å². The van der Waals surface area contributed by atoms with E-state index in [9.17, 15) is 13.2 Å². The summed E-state index contributed by atoms with van der Waals surface area (Å²) in [5.41, 5.74) is -0.514. The van der Waals surface area contributed by atoms with Crippen LogP contribution in [0.1, 0.15) is 20.8 Å². The smallest absolute Gasteiger partial charge is 0.410 e. The third-order valence-corrected chi connectivity index (χ3v) is 6.03. The van der Waals surface area contributed by atoms with Crippen molar-refractivity contribution >= 4 is 16.1 Å². The molecule has 2 aliphatic heterocycles. The summed E-state index contributed by atoms with van der Waals surface area (Å²) in [6, 6.07) is 4.60. The molecule has 0 radical (unpaired) electrons. The number of benzene rings is 1. The Balaban J connectivity index is 1.45. The highest BCUT2D eigenvalue weighted by Crippen LogP contribution is 2.32. The topological polar surface area (TPSA) is 97.4 Å². The molecule has 0 saturated carbocycles. The van der Waals surface area contributed by atoms with Crippen LogP contribution in [0.3, 0.4) is 0 Å². The number of carbonyl (C=O) groups excluding carboxylic acids is 1. The van der Waals surface area contributed by atoms with Crippen molar-refractivity contribution in [3.05, 3.63) is 18.2 Å². The van der Waals surface area contributed by atoms with Crippen molar-refractivity contribution in [2.24, 2.45) is 0 Å². The molecule has 1 N–H and O–H groups in total. The van der Waals surface area contributed by atoms with Crippen LogP contribution in [-0.2, 0) is 14.8 Å². The van der Waals surface area contributed by atoms with Crippen LogP contribution in [0, 0.1) is 0 Å². The van der Waals surface area contributed by atoms with Crippen molar-refractivity contribution in [1.29, 1.82) is 0 Å². The van der Waals surface area contributed by atoms with Gasteiger partial charge in [0.15, 0.2) is 11.5 Å². The van der Waals surface area contributed by atoms with Crippen molar-refractivity contribution in [2.45, 2.75) is 31.3 Å². The average Bonchev–Trinajstić information content (AvgIpc) is 2.66. The zero-order valence-electron chi connectivity index (χ0n) is 17.1. The van der Waals surface area contributed by atoms with Crippen LogP contribution in [0.25, 0.3) is 0 Å². The number of carbonyl (C=O) groups is 1. The first kappa shape index (κ1) is 21.7. The maximum absolute atomic E-state index is 12.5. The van der Waals surface area contributed by atoms with E-state index in [0.717, 1.165) is 0 Å². The lowest BCUT2D eigenvalue weighted by atomic mass is 10.2. The zero-order chi connectivity index (χ0) is 21.1.